The van der Waals surface area contributed by atoms with Crippen LogP contribution in [0.1, 0.15) is 58.4 Å². The van der Waals surface area contributed by atoms with E-state index in [1.165, 1.54) is 19.4 Å². The topological polar surface area (TPSA) is 85.5 Å². The van der Waals surface area contributed by atoms with Gasteiger partial charge in [0.1, 0.15) is 5.75 Å². The number of aromatic amines is 1. The lowest BCUT2D eigenvalue weighted by Crippen LogP contribution is -2.28. The van der Waals surface area contributed by atoms with Crippen LogP contribution in [0.15, 0.2) is 24.3 Å². The summed E-state index contributed by atoms with van der Waals surface area (Å²) >= 11 is 0. The van der Waals surface area contributed by atoms with Gasteiger partial charge in [0.25, 0.3) is 0 Å². The lowest BCUT2D eigenvalue weighted by Gasteiger charge is -2.13. The number of aromatic nitrogens is 1. The van der Waals surface area contributed by atoms with Crippen molar-refractivity contribution in [3.05, 3.63) is 52.3 Å². The summed E-state index contributed by atoms with van der Waals surface area (Å²) < 4.78 is 10.6. The molecule has 0 saturated carbocycles. The van der Waals surface area contributed by atoms with Gasteiger partial charge >= 0.3 is 5.97 Å². The Hall–Kier alpha value is -2.89. The fraction of sp³-hybridized carbons (Fsp3) is 0.381. The van der Waals surface area contributed by atoms with Crippen molar-refractivity contribution in [1.82, 2.24) is 4.98 Å². The number of aryl methyl sites for hydroxylation is 2. The molecule has 1 heterocycles. The number of benzene rings is 1. The molecule has 0 amide bonds. The molecule has 1 atom stereocenters. The standard InChI is InChI=1S/C21H25NO5/c1-6-16-7-9-17(10-8-16)26-11-18(24)27-15(5)21(25)20-12(2)19(14(4)23)13(3)22-20/h7-10,15,22H,6,11H2,1-5H3/t15-/m0/s1. The van der Waals surface area contributed by atoms with Gasteiger partial charge in [-0.2, -0.15) is 0 Å². The third-order valence-corrected chi connectivity index (χ3v) is 4.40. The molecule has 1 aromatic heterocycles. The maximum atomic E-state index is 12.6. The van der Waals surface area contributed by atoms with Gasteiger partial charge in [-0.1, -0.05) is 19.1 Å². The van der Waals surface area contributed by atoms with Gasteiger partial charge in [-0.15, -0.1) is 0 Å². The first-order valence-electron chi connectivity index (χ1n) is 8.90. The smallest absolute Gasteiger partial charge is 0.344 e. The molecule has 6 heteroatoms. The molecule has 6 nitrogen and oxygen atoms in total. The van der Waals surface area contributed by atoms with Crippen molar-refractivity contribution in [2.45, 2.75) is 47.1 Å². The molecule has 0 saturated heterocycles. The van der Waals surface area contributed by atoms with Gasteiger partial charge in [0.15, 0.2) is 18.5 Å². The van der Waals surface area contributed by atoms with E-state index >= 15 is 0 Å². The number of Topliss-reactive ketones (excluding diaryl/α,β-unsaturated/α-hetero) is 2. The number of hydrogen-bond acceptors (Lipinski definition) is 5. The summed E-state index contributed by atoms with van der Waals surface area (Å²) in [4.78, 5) is 39.2. The summed E-state index contributed by atoms with van der Waals surface area (Å²) in [6, 6.07) is 7.43. The molecular weight excluding hydrogens is 346 g/mol. The third-order valence-electron chi connectivity index (χ3n) is 4.40. The predicted octanol–water partition coefficient (Wildman–Crippen LogP) is 3.59. The number of esters is 1. The molecule has 1 N–H and O–H groups in total. The molecular formula is C21H25NO5. The van der Waals surface area contributed by atoms with E-state index in [2.05, 4.69) is 11.9 Å². The normalized spacial score (nSPS) is 11.7. The van der Waals surface area contributed by atoms with Gasteiger partial charge in [-0.3, -0.25) is 9.59 Å². The van der Waals surface area contributed by atoms with Crippen LogP contribution in [-0.2, 0) is 16.0 Å². The molecule has 0 aliphatic carbocycles. The number of ether oxygens (including phenoxy) is 2. The van der Waals surface area contributed by atoms with Gasteiger partial charge in [-0.25, -0.2) is 4.79 Å². The van der Waals surface area contributed by atoms with Gasteiger partial charge in [0.05, 0.1) is 5.69 Å². The Kier molecular flexibility index (Phi) is 6.55. The number of nitrogens with one attached hydrogen (secondary N) is 1. The van der Waals surface area contributed by atoms with Crippen LogP contribution in [0.5, 0.6) is 5.75 Å². The number of carbonyl (C=O) groups is 3. The molecule has 0 bridgehead atoms. The highest BCUT2D eigenvalue weighted by molar-refractivity contribution is 6.05. The molecule has 0 aliphatic heterocycles. The van der Waals surface area contributed by atoms with Gasteiger partial charge in [0.2, 0.25) is 5.78 Å². The zero-order chi connectivity index (χ0) is 20.1. The first kappa shape index (κ1) is 20.4. The van der Waals surface area contributed by atoms with Crippen LogP contribution >= 0.6 is 0 Å². The second kappa shape index (κ2) is 8.66. The van der Waals surface area contributed by atoms with Crippen LogP contribution in [0.25, 0.3) is 0 Å². The van der Waals surface area contributed by atoms with Crippen molar-refractivity contribution in [3.8, 4) is 5.75 Å². The molecule has 0 unspecified atom stereocenters. The summed E-state index contributed by atoms with van der Waals surface area (Å²) in [5.74, 6) is -0.579. The van der Waals surface area contributed by atoms with E-state index in [4.69, 9.17) is 9.47 Å². The quantitative estimate of drug-likeness (QED) is 0.566. The SMILES string of the molecule is CCc1ccc(OCC(=O)O[C@@H](C)C(=O)c2[nH]c(C)c(C(C)=O)c2C)cc1. The second-order valence-corrected chi connectivity index (χ2v) is 6.46. The Balaban J connectivity index is 1.96. The van der Waals surface area contributed by atoms with Gasteiger partial charge in [0, 0.05) is 11.3 Å². The highest BCUT2D eigenvalue weighted by Gasteiger charge is 2.26. The summed E-state index contributed by atoms with van der Waals surface area (Å²) in [5.41, 5.74) is 3.15. The number of hydrogen-bond donors (Lipinski definition) is 1. The maximum Gasteiger partial charge on any atom is 0.344 e. The summed E-state index contributed by atoms with van der Waals surface area (Å²) in [6.45, 7) is 8.15. The number of carbonyl (C=O) groups excluding carboxylic acids is 3. The number of rotatable bonds is 8. The lowest BCUT2D eigenvalue weighted by atomic mass is 10.0. The molecule has 27 heavy (non-hydrogen) atoms. The monoisotopic (exact) mass is 371 g/mol. The van der Waals surface area contributed by atoms with Crippen LogP contribution in [0.3, 0.4) is 0 Å². The van der Waals surface area contributed by atoms with Crippen molar-refractivity contribution in [1.29, 1.82) is 0 Å². The van der Waals surface area contributed by atoms with Crippen LogP contribution in [0, 0.1) is 13.8 Å². The van der Waals surface area contributed by atoms with Crippen molar-refractivity contribution >= 4 is 17.5 Å². The van der Waals surface area contributed by atoms with Gasteiger partial charge < -0.3 is 14.5 Å². The first-order chi connectivity index (χ1) is 12.7. The van der Waals surface area contributed by atoms with Crippen molar-refractivity contribution < 1.29 is 23.9 Å². The summed E-state index contributed by atoms with van der Waals surface area (Å²) in [7, 11) is 0. The predicted molar refractivity (Wildman–Crippen MR) is 101 cm³/mol. The zero-order valence-corrected chi connectivity index (χ0v) is 16.3. The molecule has 2 aromatic rings. The Morgan fingerprint density at radius 2 is 1.74 bits per heavy atom. The van der Waals surface area contributed by atoms with Crippen LogP contribution in [-0.4, -0.2) is 35.2 Å². The minimum atomic E-state index is -0.986. The summed E-state index contributed by atoms with van der Waals surface area (Å²) in [6.07, 6.45) is -0.0644. The molecule has 2 rings (SSSR count). The fourth-order valence-corrected chi connectivity index (χ4v) is 2.98. The Labute approximate surface area is 158 Å². The average Bonchev–Trinajstić information content (AvgIpc) is 2.94. The molecule has 144 valence electrons. The summed E-state index contributed by atoms with van der Waals surface area (Å²) in [5, 5.41) is 0. The van der Waals surface area contributed by atoms with Crippen LogP contribution in [0.2, 0.25) is 0 Å². The van der Waals surface area contributed by atoms with E-state index in [1.807, 2.05) is 12.1 Å². The van der Waals surface area contributed by atoms with Gasteiger partial charge in [-0.05, 0) is 57.4 Å². The highest BCUT2D eigenvalue weighted by Crippen LogP contribution is 2.20. The van der Waals surface area contributed by atoms with Crippen molar-refractivity contribution in [3.63, 3.8) is 0 Å². The van der Waals surface area contributed by atoms with Crippen molar-refractivity contribution in [2.75, 3.05) is 6.61 Å². The van der Waals surface area contributed by atoms with E-state index in [9.17, 15) is 14.4 Å². The third kappa shape index (κ3) is 4.84. The minimum Gasteiger partial charge on any atom is -0.482 e. The zero-order valence-electron chi connectivity index (χ0n) is 16.3. The molecule has 0 radical (unpaired) electrons. The number of H-pyrrole nitrogens is 1. The Bertz CT molecular complexity index is 848. The largest absolute Gasteiger partial charge is 0.482 e. The molecule has 0 spiro atoms. The minimum absolute atomic E-state index is 0.118. The Morgan fingerprint density at radius 3 is 2.26 bits per heavy atom. The van der Waals surface area contributed by atoms with Crippen LogP contribution < -0.4 is 4.74 Å². The van der Waals surface area contributed by atoms with E-state index in [1.54, 1.807) is 26.0 Å². The van der Waals surface area contributed by atoms with Crippen LogP contribution in [0.4, 0.5) is 0 Å². The lowest BCUT2D eigenvalue weighted by molar-refractivity contribution is -0.148. The Morgan fingerprint density at radius 1 is 1.11 bits per heavy atom. The molecule has 0 fully saturated rings. The second-order valence-electron chi connectivity index (χ2n) is 6.46. The fourth-order valence-electron chi connectivity index (χ4n) is 2.98. The highest BCUT2D eigenvalue weighted by atomic mass is 16.6. The van der Waals surface area contributed by atoms with E-state index in [0.717, 1.165) is 6.42 Å². The maximum absolute atomic E-state index is 12.6. The van der Waals surface area contributed by atoms with E-state index in [0.29, 0.717) is 22.6 Å². The van der Waals surface area contributed by atoms with Crippen molar-refractivity contribution in [2.24, 2.45) is 0 Å². The molecule has 0 aliphatic rings. The van der Waals surface area contributed by atoms with E-state index < -0.39 is 12.1 Å². The molecule has 1 aromatic carbocycles. The first-order valence-corrected chi connectivity index (χ1v) is 8.90. The van der Waals surface area contributed by atoms with E-state index in [-0.39, 0.29) is 23.9 Å². The average molecular weight is 371 g/mol. The number of ketones is 2.